The van der Waals surface area contributed by atoms with E-state index in [1.54, 1.807) is 12.1 Å². The fraction of sp³-hybridized carbons (Fsp3) is 0.344. The van der Waals surface area contributed by atoms with E-state index in [0.717, 1.165) is 47.9 Å². The molecular formula is C32H36NO2. The Balaban J connectivity index is 1.65. The number of aryl methyl sites for hydroxylation is 1. The molecular weight excluding hydrogens is 430 g/mol. The molecule has 1 radical (unpaired) electrons. The molecule has 0 atom stereocenters. The van der Waals surface area contributed by atoms with Crippen LogP contribution >= 0.6 is 0 Å². The molecule has 0 saturated heterocycles. The summed E-state index contributed by atoms with van der Waals surface area (Å²) in [6, 6.07) is 23.4. The van der Waals surface area contributed by atoms with Crippen LogP contribution in [0, 0.1) is 11.8 Å². The van der Waals surface area contributed by atoms with E-state index in [2.05, 4.69) is 50.0 Å². The predicted octanol–water partition coefficient (Wildman–Crippen LogP) is 7.68. The van der Waals surface area contributed by atoms with Crippen molar-refractivity contribution in [2.75, 3.05) is 0 Å². The molecule has 3 rings (SSSR count). The summed E-state index contributed by atoms with van der Waals surface area (Å²) in [6.07, 6.45) is 7.13. The number of carbonyl (C=O) groups is 1. The minimum Gasteiger partial charge on any atom is -0.334 e. The van der Waals surface area contributed by atoms with Crippen LogP contribution in [0.25, 0.3) is 0 Å². The molecule has 0 aliphatic heterocycles. The van der Waals surface area contributed by atoms with Gasteiger partial charge in [-0.15, -0.1) is 0 Å². The molecule has 0 heterocycles. The number of nitrogens with zero attached hydrogens (tertiary/aromatic N) is 1. The zero-order valence-corrected chi connectivity index (χ0v) is 21.1. The lowest BCUT2D eigenvalue weighted by atomic mass is 10.1. The molecule has 0 spiro atoms. The number of hydrogen-bond donors (Lipinski definition) is 0. The van der Waals surface area contributed by atoms with Gasteiger partial charge in [0.25, 0.3) is 0 Å². The van der Waals surface area contributed by atoms with E-state index in [4.69, 9.17) is 0 Å². The Morgan fingerprint density at radius 1 is 0.657 bits per heavy atom. The van der Waals surface area contributed by atoms with Crippen LogP contribution in [-0.2, 0) is 29.4 Å². The Kier molecular flexibility index (Phi) is 10.5. The number of amides is 1. The molecule has 0 aromatic heterocycles. The molecule has 0 fully saturated rings. The molecule has 35 heavy (non-hydrogen) atoms. The van der Waals surface area contributed by atoms with E-state index in [9.17, 15) is 9.90 Å². The van der Waals surface area contributed by atoms with Crippen molar-refractivity contribution in [1.29, 1.82) is 0 Å². The van der Waals surface area contributed by atoms with E-state index in [1.165, 1.54) is 18.4 Å². The Labute approximate surface area is 210 Å². The first-order chi connectivity index (χ1) is 17.1. The van der Waals surface area contributed by atoms with Gasteiger partial charge in [0, 0.05) is 30.6 Å². The number of unbranched alkanes of at least 4 members (excludes halogenated alkanes) is 3. The van der Waals surface area contributed by atoms with Crippen LogP contribution in [0.5, 0.6) is 5.75 Å². The summed E-state index contributed by atoms with van der Waals surface area (Å²) in [6.45, 7) is 5.39. The molecule has 1 amide bonds. The third-order valence-electron chi connectivity index (χ3n) is 6.10. The van der Waals surface area contributed by atoms with Crippen molar-refractivity contribution in [1.82, 2.24) is 4.90 Å². The Bertz CT molecular complexity index is 1100. The Hall–Kier alpha value is -3.51. The van der Waals surface area contributed by atoms with Gasteiger partial charge in [-0.3, -0.25) is 9.90 Å². The average molecular weight is 467 g/mol. The van der Waals surface area contributed by atoms with Crippen molar-refractivity contribution in [3.63, 3.8) is 0 Å². The third-order valence-corrected chi connectivity index (χ3v) is 6.10. The highest BCUT2D eigenvalue weighted by atomic mass is 16.3. The van der Waals surface area contributed by atoms with Gasteiger partial charge in [-0.2, -0.15) is 0 Å². The summed E-state index contributed by atoms with van der Waals surface area (Å²) >= 11 is 0. The number of rotatable bonds is 11. The van der Waals surface area contributed by atoms with Crippen LogP contribution in [0.15, 0.2) is 72.8 Å². The summed E-state index contributed by atoms with van der Waals surface area (Å²) in [5.74, 6) is 6.63. The van der Waals surface area contributed by atoms with Crippen LogP contribution < -0.4 is 0 Å². The second-order valence-corrected chi connectivity index (χ2v) is 9.10. The van der Waals surface area contributed by atoms with Gasteiger partial charge in [-0.05, 0) is 72.4 Å². The molecule has 3 aromatic carbocycles. The fourth-order valence-corrected chi connectivity index (χ4v) is 3.93. The quantitative estimate of drug-likeness (QED) is 0.211. The van der Waals surface area contributed by atoms with Crippen LogP contribution in [0.1, 0.15) is 80.2 Å². The Morgan fingerprint density at radius 2 is 1.14 bits per heavy atom. The number of benzene rings is 3. The van der Waals surface area contributed by atoms with E-state index < -0.39 is 0 Å². The van der Waals surface area contributed by atoms with Crippen LogP contribution in [0.2, 0.25) is 0 Å². The topological polar surface area (TPSA) is 40.2 Å². The monoisotopic (exact) mass is 466 g/mol. The van der Waals surface area contributed by atoms with Crippen molar-refractivity contribution in [3.8, 4) is 17.6 Å². The Morgan fingerprint density at radius 3 is 1.66 bits per heavy atom. The first kappa shape index (κ1) is 26.1. The summed E-state index contributed by atoms with van der Waals surface area (Å²) in [7, 11) is 0. The highest BCUT2D eigenvalue weighted by molar-refractivity contribution is 5.76. The summed E-state index contributed by atoms with van der Waals surface area (Å²) in [5.41, 5.74) is 5.37. The normalized spacial score (nSPS) is 10.5. The van der Waals surface area contributed by atoms with E-state index in [-0.39, 0.29) is 11.7 Å². The van der Waals surface area contributed by atoms with Crippen molar-refractivity contribution >= 4 is 5.91 Å². The van der Waals surface area contributed by atoms with Crippen molar-refractivity contribution in [2.45, 2.75) is 71.9 Å². The molecule has 3 nitrogen and oxygen atoms in total. The molecule has 0 unspecified atom stereocenters. The minimum atomic E-state index is -0.0151. The second-order valence-electron chi connectivity index (χ2n) is 9.10. The largest absolute Gasteiger partial charge is 0.334 e. The van der Waals surface area contributed by atoms with Gasteiger partial charge in [0.05, 0.1) is 0 Å². The molecule has 0 aliphatic rings. The molecule has 0 saturated carbocycles. The van der Waals surface area contributed by atoms with Crippen molar-refractivity contribution in [3.05, 3.63) is 101 Å². The van der Waals surface area contributed by atoms with E-state index >= 15 is 0 Å². The summed E-state index contributed by atoms with van der Waals surface area (Å²) < 4.78 is 0. The standard InChI is InChI=1S/C32H36NO2/c1-3-5-7-9-32(35)33(25-30-20-22-31(34)23-21-30)24-29-18-16-28(17-19-29)15-14-27-12-10-26(11-13-27)8-6-4-2/h10-13,16-23H,3-9,24-25H2,1-2H3. The van der Waals surface area contributed by atoms with Crippen LogP contribution in [0.4, 0.5) is 0 Å². The highest BCUT2D eigenvalue weighted by Crippen LogP contribution is 2.17. The maximum absolute atomic E-state index is 12.9. The maximum Gasteiger partial charge on any atom is 0.223 e. The average Bonchev–Trinajstić information content (AvgIpc) is 2.88. The molecule has 3 aromatic rings. The van der Waals surface area contributed by atoms with Gasteiger partial charge < -0.3 is 4.90 Å². The van der Waals surface area contributed by atoms with E-state index in [1.807, 2.05) is 41.3 Å². The van der Waals surface area contributed by atoms with Gasteiger partial charge in [0.15, 0.2) is 5.75 Å². The van der Waals surface area contributed by atoms with Gasteiger partial charge in [0.2, 0.25) is 5.91 Å². The van der Waals surface area contributed by atoms with Crippen LogP contribution in [-0.4, -0.2) is 10.8 Å². The van der Waals surface area contributed by atoms with Gasteiger partial charge in [0.1, 0.15) is 0 Å². The lowest BCUT2D eigenvalue weighted by Gasteiger charge is -2.23. The first-order valence-corrected chi connectivity index (χ1v) is 12.8. The lowest BCUT2D eigenvalue weighted by molar-refractivity contribution is -0.132. The molecule has 0 bridgehead atoms. The first-order valence-electron chi connectivity index (χ1n) is 12.8. The van der Waals surface area contributed by atoms with E-state index in [0.29, 0.717) is 19.5 Å². The van der Waals surface area contributed by atoms with Crippen LogP contribution in [0.3, 0.4) is 0 Å². The van der Waals surface area contributed by atoms with Gasteiger partial charge in [-0.25, -0.2) is 0 Å². The van der Waals surface area contributed by atoms with Crippen molar-refractivity contribution < 1.29 is 9.90 Å². The zero-order valence-electron chi connectivity index (χ0n) is 21.1. The van der Waals surface area contributed by atoms with Gasteiger partial charge >= 0.3 is 0 Å². The fourth-order valence-electron chi connectivity index (χ4n) is 3.93. The highest BCUT2D eigenvalue weighted by Gasteiger charge is 2.14. The predicted molar refractivity (Wildman–Crippen MR) is 142 cm³/mol. The van der Waals surface area contributed by atoms with Crippen molar-refractivity contribution in [2.24, 2.45) is 0 Å². The third kappa shape index (κ3) is 8.98. The zero-order chi connectivity index (χ0) is 24.9. The van der Waals surface area contributed by atoms with Gasteiger partial charge in [-0.1, -0.05) is 81.3 Å². The molecule has 3 heteroatoms. The minimum absolute atomic E-state index is 0.0151. The second kappa shape index (κ2) is 14.0. The molecule has 0 aliphatic carbocycles. The maximum atomic E-state index is 12.9. The molecule has 181 valence electrons. The number of carbonyl (C=O) groups excluding carboxylic acids is 1. The SMILES string of the molecule is CCCCCC(=O)N(Cc1ccc([O])cc1)Cc1ccc(C#Cc2ccc(CCCC)cc2)cc1. The lowest BCUT2D eigenvalue weighted by Crippen LogP contribution is -2.29. The summed E-state index contributed by atoms with van der Waals surface area (Å²) in [4.78, 5) is 14.8. The molecule has 0 N–H and O–H groups in total. The number of hydrogen-bond acceptors (Lipinski definition) is 1. The smallest absolute Gasteiger partial charge is 0.223 e. The summed E-state index contributed by atoms with van der Waals surface area (Å²) in [5, 5.41) is 11.4.